The number of anilines is 1. The van der Waals surface area contributed by atoms with E-state index in [2.05, 4.69) is 10.6 Å². The van der Waals surface area contributed by atoms with Crippen LogP contribution in [0.2, 0.25) is 10.0 Å². The minimum Gasteiger partial charge on any atom is -0.478 e. The summed E-state index contributed by atoms with van der Waals surface area (Å²) in [6.07, 6.45) is 0.769. The van der Waals surface area contributed by atoms with Gasteiger partial charge in [0.25, 0.3) is 0 Å². The van der Waals surface area contributed by atoms with Crippen LogP contribution in [0, 0.1) is 5.92 Å². The highest BCUT2D eigenvalue weighted by atomic mass is 35.5. The van der Waals surface area contributed by atoms with Gasteiger partial charge < -0.3 is 15.7 Å². The van der Waals surface area contributed by atoms with Crippen LogP contribution in [0.15, 0.2) is 12.1 Å². The first-order valence-electron chi connectivity index (χ1n) is 6.56. The first kappa shape index (κ1) is 17.6. The number of carbonyl (C=O) groups excluding carboxylic acids is 1. The summed E-state index contributed by atoms with van der Waals surface area (Å²) in [7, 11) is 0. The summed E-state index contributed by atoms with van der Waals surface area (Å²) in [5.41, 5.74) is -0.120. The van der Waals surface area contributed by atoms with Crippen LogP contribution < -0.4 is 10.6 Å². The Labute approximate surface area is 133 Å². The molecule has 0 aliphatic carbocycles. The SMILES string of the molecule is CCC(NC(=O)Nc1c(Cl)cc(Cl)cc1C(=O)O)C(C)C. The van der Waals surface area contributed by atoms with Gasteiger partial charge in [0.15, 0.2) is 0 Å². The summed E-state index contributed by atoms with van der Waals surface area (Å²) < 4.78 is 0. The second-order valence-corrected chi connectivity index (χ2v) is 5.82. The molecule has 7 heteroatoms. The van der Waals surface area contributed by atoms with Crippen molar-refractivity contribution in [1.29, 1.82) is 0 Å². The average Bonchev–Trinajstić information content (AvgIpc) is 2.38. The van der Waals surface area contributed by atoms with E-state index in [0.29, 0.717) is 0 Å². The fourth-order valence-electron chi connectivity index (χ4n) is 1.93. The number of carbonyl (C=O) groups is 2. The molecule has 0 saturated carbocycles. The van der Waals surface area contributed by atoms with Gasteiger partial charge in [0.2, 0.25) is 0 Å². The number of urea groups is 1. The second kappa shape index (κ2) is 7.52. The molecule has 0 saturated heterocycles. The van der Waals surface area contributed by atoms with E-state index in [-0.39, 0.29) is 33.3 Å². The van der Waals surface area contributed by atoms with Gasteiger partial charge in [0.1, 0.15) is 0 Å². The van der Waals surface area contributed by atoms with Gasteiger partial charge in [-0.25, -0.2) is 9.59 Å². The third kappa shape index (κ3) is 4.79. The van der Waals surface area contributed by atoms with E-state index in [9.17, 15) is 9.59 Å². The lowest BCUT2D eigenvalue weighted by Gasteiger charge is -2.21. The maximum absolute atomic E-state index is 12.0. The van der Waals surface area contributed by atoms with E-state index in [1.807, 2.05) is 20.8 Å². The molecule has 1 aromatic carbocycles. The Balaban J connectivity index is 2.97. The van der Waals surface area contributed by atoms with Crippen molar-refractivity contribution in [3.8, 4) is 0 Å². The number of carboxylic acid groups (broad SMARTS) is 1. The molecule has 0 aliphatic heterocycles. The largest absolute Gasteiger partial charge is 0.478 e. The van der Waals surface area contributed by atoms with Crippen molar-refractivity contribution < 1.29 is 14.7 Å². The topological polar surface area (TPSA) is 78.4 Å². The summed E-state index contributed by atoms with van der Waals surface area (Å²) in [4.78, 5) is 23.2. The standard InChI is InChI=1S/C14H18Cl2N2O3/c1-4-11(7(2)3)17-14(21)18-12-9(13(19)20)5-8(15)6-10(12)16/h5-7,11H,4H2,1-3H3,(H,19,20)(H2,17,18,21). The Hall–Kier alpha value is -1.46. The van der Waals surface area contributed by atoms with Crippen LogP contribution in [0.5, 0.6) is 0 Å². The Bertz CT molecular complexity index is 547. The predicted molar refractivity (Wildman–Crippen MR) is 84.5 cm³/mol. The number of amides is 2. The molecule has 1 rings (SSSR count). The first-order chi connectivity index (χ1) is 9.76. The van der Waals surface area contributed by atoms with Gasteiger partial charge in [0, 0.05) is 11.1 Å². The highest BCUT2D eigenvalue weighted by Gasteiger charge is 2.19. The highest BCUT2D eigenvalue weighted by molar-refractivity contribution is 6.37. The van der Waals surface area contributed by atoms with E-state index in [1.165, 1.54) is 12.1 Å². The molecule has 0 aromatic heterocycles. The van der Waals surface area contributed by atoms with Gasteiger partial charge in [-0.05, 0) is 24.5 Å². The minimum absolute atomic E-state index is 0.00986. The molecule has 0 heterocycles. The van der Waals surface area contributed by atoms with Gasteiger partial charge in [0.05, 0.1) is 16.3 Å². The zero-order chi connectivity index (χ0) is 16.2. The Morgan fingerprint density at radius 1 is 1.29 bits per heavy atom. The molecule has 1 atom stereocenters. The van der Waals surface area contributed by atoms with Crippen molar-refractivity contribution >= 4 is 40.9 Å². The van der Waals surface area contributed by atoms with Crippen molar-refractivity contribution in [1.82, 2.24) is 5.32 Å². The van der Waals surface area contributed by atoms with Crippen LogP contribution >= 0.6 is 23.2 Å². The number of rotatable bonds is 5. The molecule has 1 unspecified atom stereocenters. The molecule has 21 heavy (non-hydrogen) atoms. The number of aromatic carboxylic acids is 1. The molecule has 5 nitrogen and oxygen atoms in total. The van der Waals surface area contributed by atoms with Crippen molar-refractivity contribution in [2.45, 2.75) is 33.2 Å². The van der Waals surface area contributed by atoms with Gasteiger partial charge in [-0.3, -0.25) is 0 Å². The summed E-state index contributed by atoms with van der Waals surface area (Å²) in [6.45, 7) is 5.95. The average molecular weight is 333 g/mol. The summed E-state index contributed by atoms with van der Waals surface area (Å²) in [5, 5.41) is 14.7. The van der Waals surface area contributed by atoms with Gasteiger partial charge >= 0.3 is 12.0 Å². The highest BCUT2D eigenvalue weighted by Crippen LogP contribution is 2.30. The molecule has 0 radical (unpaired) electrons. The zero-order valence-electron chi connectivity index (χ0n) is 12.0. The monoisotopic (exact) mass is 332 g/mol. The summed E-state index contributed by atoms with van der Waals surface area (Å²) >= 11 is 11.7. The third-order valence-electron chi connectivity index (χ3n) is 3.08. The lowest BCUT2D eigenvalue weighted by Crippen LogP contribution is -2.40. The molecule has 0 aliphatic rings. The normalized spacial score (nSPS) is 12.1. The molecule has 0 spiro atoms. The van der Waals surface area contributed by atoms with E-state index in [0.717, 1.165) is 6.42 Å². The molecule has 2 amide bonds. The van der Waals surface area contributed by atoms with Crippen LogP contribution in [-0.4, -0.2) is 23.1 Å². The minimum atomic E-state index is -1.22. The van der Waals surface area contributed by atoms with Gasteiger partial charge in [-0.15, -0.1) is 0 Å². The summed E-state index contributed by atoms with van der Waals surface area (Å²) in [6, 6.07) is 2.11. The van der Waals surface area contributed by atoms with Crippen LogP contribution in [0.3, 0.4) is 0 Å². The second-order valence-electron chi connectivity index (χ2n) is 4.97. The Morgan fingerprint density at radius 3 is 2.38 bits per heavy atom. The first-order valence-corrected chi connectivity index (χ1v) is 7.31. The quantitative estimate of drug-likeness (QED) is 0.754. The molecule has 1 aromatic rings. The van der Waals surface area contributed by atoms with E-state index < -0.39 is 12.0 Å². The third-order valence-corrected chi connectivity index (χ3v) is 3.60. The van der Waals surface area contributed by atoms with Gasteiger partial charge in [-0.2, -0.15) is 0 Å². The fourth-order valence-corrected chi connectivity index (χ4v) is 2.47. The van der Waals surface area contributed by atoms with Crippen LogP contribution in [0.4, 0.5) is 10.5 Å². The van der Waals surface area contributed by atoms with Crippen LogP contribution in [-0.2, 0) is 0 Å². The smallest absolute Gasteiger partial charge is 0.337 e. The van der Waals surface area contributed by atoms with Crippen molar-refractivity contribution in [2.24, 2.45) is 5.92 Å². The number of carboxylic acids is 1. The maximum Gasteiger partial charge on any atom is 0.337 e. The lowest BCUT2D eigenvalue weighted by atomic mass is 10.0. The number of hydrogen-bond donors (Lipinski definition) is 3. The predicted octanol–water partition coefficient (Wildman–Crippen LogP) is 4.25. The Morgan fingerprint density at radius 2 is 1.90 bits per heavy atom. The van der Waals surface area contributed by atoms with Crippen molar-refractivity contribution in [2.75, 3.05) is 5.32 Å². The van der Waals surface area contributed by atoms with Gasteiger partial charge in [-0.1, -0.05) is 44.0 Å². The van der Waals surface area contributed by atoms with Crippen LogP contribution in [0.25, 0.3) is 0 Å². The van der Waals surface area contributed by atoms with Crippen LogP contribution in [0.1, 0.15) is 37.6 Å². The van der Waals surface area contributed by atoms with E-state index in [4.69, 9.17) is 28.3 Å². The molecule has 0 fully saturated rings. The van der Waals surface area contributed by atoms with Crippen molar-refractivity contribution in [3.05, 3.63) is 27.7 Å². The van der Waals surface area contributed by atoms with E-state index in [1.54, 1.807) is 0 Å². The molecule has 116 valence electrons. The summed E-state index contributed by atoms with van der Waals surface area (Å²) in [5.74, 6) is -0.953. The van der Waals surface area contributed by atoms with Crippen molar-refractivity contribution in [3.63, 3.8) is 0 Å². The number of halogens is 2. The molecule has 0 bridgehead atoms. The Kier molecular flexibility index (Phi) is 6.30. The molecular weight excluding hydrogens is 315 g/mol. The number of nitrogens with one attached hydrogen (secondary N) is 2. The lowest BCUT2D eigenvalue weighted by molar-refractivity contribution is 0.0698. The number of benzene rings is 1. The maximum atomic E-state index is 12.0. The van der Waals surface area contributed by atoms with E-state index >= 15 is 0 Å². The molecular formula is C14H18Cl2N2O3. The number of hydrogen-bond acceptors (Lipinski definition) is 2. The zero-order valence-corrected chi connectivity index (χ0v) is 13.5. The fraction of sp³-hybridized carbons (Fsp3) is 0.429. The molecule has 3 N–H and O–H groups in total.